The molecule has 1 aliphatic heterocycles. The van der Waals surface area contributed by atoms with Crippen molar-refractivity contribution in [1.82, 2.24) is 0 Å². The topological polar surface area (TPSA) is 80.4 Å². The fourth-order valence-corrected chi connectivity index (χ4v) is 5.75. The van der Waals surface area contributed by atoms with Gasteiger partial charge in [0.05, 0.1) is 17.1 Å². The molecule has 16 heavy (non-hydrogen) atoms. The third-order valence-corrected chi connectivity index (χ3v) is 6.53. The van der Waals surface area contributed by atoms with Crippen LogP contribution in [0.3, 0.4) is 0 Å². The molecule has 0 spiro atoms. The molecule has 0 aromatic rings. The predicted octanol–water partition coefficient (Wildman–Crippen LogP) is 0.301. The van der Waals surface area contributed by atoms with E-state index in [1.54, 1.807) is 0 Å². The summed E-state index contributed by atoms with van der Waals surface area (Å²) >= 11 is 0. The van der Waals surface area contributed by atoms with Crippen molar-refractivity contribution in [3.8, 4) is 0 Å². The van der Waals surface area contributed by atoms with E-state index in [0.717, 1.165) is 12.8 Å². The normalized spacial score (nSPS) is 47.3. The van der Waals surface area contributed by atoms with Crippen LogP contribution in [0.25, 0.3) is 0 Å². The largest absolute Gasteiger partial charge is 0.389 e. The zero-order chi connectivity index (χ0) is 12.0. The van der Waals surface area contributed by atoms with Crippen molar-refractivity contribution in [3.05, 3.63) is 0 Å². The lowest BCUT2D eigenvalue weighted by Crippen LogP contribution is -2.55. The van der Waals surface area contributed by atoms with Crippen LogP contribution in [0.1, 0.15) is 32.6 Å². The van der Waals surface area contributed by atoms with Gasteiger partial charge in [0.1, 0.15) is 0 Å². The minimum Gasteiger partial charge on any atom is -0.389 e. The lowest BCUT2D eigenvalue weighted by Gasteiger charge is -2.44. The van der Waals surface area contributed by atoms with Crippen LogP contribution in [0, 0.1) is 11.3 Å². The third-order valence-electron chi connectivity index (χ3n) is 4.71. The Morgan fingerprint density at radius 2 is 2.12 bits per heavy atom. The second-order valence-corrected chi connectivity index (χ2v) is 7.73. The number of hydrogen-bond acceptors (Lipinski definition) is 4. The first-order valence-corrected chi connectivity index (χ1v) is 7.80. The summed E-state index contributed by atoms with van der Waals surface area (Å²) in [6.45, 7) is 2.28. The first-order valence-electron chi connectivity index (χ1n) is 5.98. The number of aliphatic hydroxyl groups is 1. The smallest absolute Gasteiger partial charge is 0.151 e. The van der Waals surface area contributed by atoms with Gasteiger partial charge in [0.15, 0.2) is 9.84 Å². The van der Waals surface area contributed by atoms with Crippen LogP contribution < -0.4 is 5.73 Å². The van der Waals surface area contributed by atoms with Crippen LogP contribution in [0.4, 0.5) is 0 Å². The first kappa shape index (κ1) is 12.3. The van der Waals surface area contributed by atoms with Gasteiger partial charge < -0.3 is 10.8 Å². The summed E-state index contributed by atoms with van der Waals surface area (Å²) in [4.78, 5) is 0. The highest BCUT2D eigenvalue weighted by Gasteiger charge is 2.58. The number of rotatable bonds is 2. The summed E-state index contributed by atoms with van der Waals surface area (Å²) in [5, 5.41) is 10.8. The van der Waals surface area contributed by atoms with Gasteiger partial charge in [0, 0.05) is 12.0 Å². The Labute approximate surface area is 97.1 Å². The Morgan fingerprint density at radius 3 is 2.50 bits per heavy atom. The Morgan fingerprint density at radius 1 is 1.44 bits per heavy atom. The van der Waals surface area contributed by atoms with Gasteiger partial charge in [-0.25, -0.2) is 8.42 Å². The van der Waals surface area contributed by atoms with Crippen LogP contribution in [0.15, 0.2) is 0 Å². The molecule has 0 radical (unpaired) electrons. The first-order chi connectivity index (χ1) is 7.35. The van der Waals surface area contributed by atoms with E-state index < -0.39 is 20.9 Å². The van der Waals surface area contributed by atoms with E-state index in [9.17, 15) is 13.5 Å². The van der Waals surface area contributed by atoms with Gasteiger partial charge in [-0.2, -0.15) is 0 Å². The number of hydrogen-bond donors (Lipinski definition) is 2. The monoisotopic (exact) mass is 247 g/mol. The minimum absolute atomic E-state index is 0.0668. The molecule has 94 valence electrons. The summed E-state index contributed by atoms with van der Waals surface area (Å²) in [7, 11) is -3.00. The molecule has 4 nitrogen and oxygen atoms in total. The molecule has 5 heteroatoms. The van der Waals surface area contributed by atoms with E-state index in [2.05, 4.69) is 0 Å². The maximum absolute atomic E-state index is 11.6. The van der Waals surface area contributed by atoms with Crippen molar-refractivity contribution in [2.45, 2.75) is 38.2 Å². The van der Waals surface area contributed by atoms with Gasteiger partial charge in [-0.05, 0) is 25.2 Å². The highest BCUT2D eigenvalue weighted by molar-refractivity contribution is 7.91. The summed E-state index contributed by atoms with van der Waals surface area (Å²) < 4.78 is 23.3. The Kier molecular flexibility index (Phi) is 2.84. The molecule has 0 bridgehead atoms. The molecular weight excluding hydrogens is 226 g/mol. The van der Waals surface area contributed by atoms with Gasteiger partial charge in [-0.3, -0.25) is 0 Å². The minimum atomic E-state index is -3.00. The molecule has 2 rings (SSSR count). The molecule has 0 amide bonds. The van der Waals surface area contributed by atoms with Crippen molar-refractivity contribution in [1.29, 1.82) is 0 Å². The Bertz CT molecular complexity index is 381. The van der Waals surface area contributed by atoms with Crippen molar-refractivity contribution in [2.24, 2.45) is 17.1 Å². The van der Waals surface area contributed by atoms with E-state index in [1.165, 1.54) is 0 Å². The fourth-order valence-electron chi connectivity index (χ4n) is 3.55. The van der Waals surface area contributed by atoms with Crippen molar-refractivity contribution < 1.29 is 13.5 Å². The molecule has 0 aromatic heterocycles. The van der Waals surface area contributed by atoms with E-state index in [1.807, 2.05) is 6.92 Å². The second-order valence-electron chi connectivity index (χ2n) is 5.54. The standard InChI is InChI=1S/C11H21NO3S/c1-9-3-2-4-11(9,13)10(7-12)5-6-16(14,15)8-10/h9,13H,2-8,12H2,1H3. The molecule has 2 aliphatic rings. The van der Waals surface area contributed by atoms with Crippen LogP contribution in [-0.4, -0.2) is 37.2 Å². The van der Waals surface area contributed by atoms with Gasteiger partial charge in [-0.1, -0.05) is 13.3 Å². The number of sulfone groups is 1. The highest BCUT2D eigenvalue weighted by atomic mass is 32.2. The lowest BCUT2D eigenvalue weighted by molar-refractivity contribution is -0.0921. The fraction of sp³-hybridized carbons (Fsp3) is 1.00. The third kappa shape index (κ3) is 1.60. The van der Waals surface area contributed by atoms with Crippen LogP contribution in [0.5, 0.6) is 0 Å². The van der Waals surface area contributed by atoms with E-state index in [4.69, 9.17) is 5.73 Å². The van der Waals surface area contributed by atoms with Gasteiger partial charge in [0.2, 0.25) is 0 Å². The molecular formula is C11H21NO3S. The van der Waals surface area contributed by atoms with Crippen molar-refractivity contribution in [3.63, 3.8) is 0 Å². The van der Waals surface area contributed by atoms with Crippen molar-refractivity contribution >= 4 is 9.84 Å². The molecule has 2 fully saturated rings. The summed E-state index contributed by atoms with van der Waals surface area (Å²) in [5.41, 5.74) is 4.33. The van der Waals surface area contributed by atoms with Gasteiger partial charge in [-0.15, -0.1) is 0 Å². The van der Waals surface area contributed by atoms with Crippen LogP contribution in [-0.2, 0) is 9.84 Å². The molecule has 0 aromatic carbocycles. The molecule has 1 aliphatic carbocycles. The quantitative estimate of drug-likeness (QED) is 0.735. The van der Waals surface area contributed by atoms with E-state index in [-0.39, 0.29) is 24.0 Å². The summed E-state index contributed by atoms with van der Waals surface area (Å²) in [6, 6.07) is 0. The Hall–Kier alpha value is -0.130. The zero-order valence-corrected chi connectivity index (χ0v) is 10.6. The molecule has 1 saturated carbocycles. The Balaban J connectivity index is 2.36. The van der Waals surface area contributed by atoms with E-state index in [0.29, 0.717) is 12.8 Å². The lowest BCUT2D eigenvalue weighted by atomic mass is 9.67. The van der Waals surface area contributed by atoms with E-state index >= 15 is 0 Å². The highest BCUT2D eigenvalue weighted by Crippen LogP contribution is 2.52. The summed E-state index contributed by atoms with van der Waals surface area (Å²) in [6.07, 6.45) is 3.16. The molecule has 3 unspecified atom stereocenters. The molecule has 3 N–H and O–H groups in total. The summed E-state index contributed by atoms with van der Waals surface area (Å²) in [5.74, 6) is 0.403. The van der Waals surface area contributed by atoms with Crippen molar-refractivity contribution in [2.75, 3.05) is 18.1 Å². The van der Waals surface area contributed by atoms with Gasteiger partial charge >= 0.3 is 0 Å². The van der Waals surface area contributed by atoms with Crippen LogP contribution in [0.2, 0.25) is 0 Å². The maximum atomic E-state index is 11.6. The average Bonchev–Trinajstić information content (AvgIpc) is 2.71. The SMILES string of the molecule is CC1CCCC1(O)C1(CN)CCS(=O)(=O)C1. The molecule has 1 heterocycles. The zero-order valence-electron chi connectivity index (χ0n) is 9.78. The van der Waals surface area contributed by atoms with Gasteiger partial charge in [0.25, 0.3) is 0 Å². The predicted molar refractivity (Wildman–Crippen MR) is 62.7 cm³/mol. The second kappa shape index (κ2) is 3.68. The molecule has 1 saturated heterocycles. The average molecular weight is 247 g/mol. The number of nitrogens with two attached hydrogens (primary N) is 1. The molecule has 3 atom stereocenters. The maximum Gasteiger partial charge on any atom is 0.151 e. The van der Waals surface area contributed by atoms with Crippen LogP contribution >= 0.6 is 0 Å².